The predicted octanol–water partition coefficient (Wildman–Crippen LogP) is 1.95. The average molecular weight is 439 g/mol. The number of rotatable bonds is 6. The molecule has 3 aromatic rings. The Bertz CT molecular complexity index is 1090. The molecule has 1 amide bonds. The molecule has 1 fully saturated rings. The van der Waals surface area contributed by atoms with Gasteiger partial charge in [-0.05, 0) is 44.9 Å². The highest BCUT2D eigenvalue weighted by Crippen LogP contribution is 2.30. The number of fused-ring (bicyclic) bond motifs is 1. The van der Waals surface area contributed by atoms with Crippen molar-refractivity contribution in [1.29, 1.82) is 0 Å². The van der Waals surface area contributed by atoms with Crippen LogP contribution in [0.4, 0.5) is 5.82 Å². The normalized spacial score (nSPS) is 17.5. The maximum atomic E-state index is 11.5. The SMILES string of the molecule is COc1ccc(C(NC(C)(C)C)c2nc(N3CCC(NC(C)=O)C3)c3n[nH]nc3n2)cc1. The third kappa shape index (κ3) is 4.80. The standard InChI is InChI=1S/C22H30N8O2/c1-13(31)23-15-10-11-30(12-15)21-18-20(28-29-27-18)24-19(25-21)17(26-22(2,3)4)14-6-8-16(32-5)9-7-14/h6-9,15,17,26H,10-12H2,1-5H3,(H,23,31)(H,24,25,27,28,29). The van der Waals surface area contributed by atoms with Crippen LogP contribution in [0.5, 0.6) is 5.75 Å². The van der Waals surface area contributed by atoms with Crippen molar-refractivity contribution in [2.75, 3.05) is 25.1 Å². The predicted molar refractivity (Wildman–Crippen MR) is 122 cm³/mol. The summed E-state index contributed by atoms with van der Waals surface area (Å²) in [6, 6.07) is 7.72. The van der Waals surface area contributed by atoms with Crippen molar-refractivity contribution < 1.29 is 9.53 Å². The lowest BCUT2D eigenvalue weighted by Crippen LogP contribution is -2.40. The minimum atomic E-state index is -0.255. The molecule has 1 aliphatic rings. The molecule has 2 atom stereocenters. The van der Waals surface area contributed by atoms with Gasteiger partial charge in [0, 0.05) is 31.6 Å². The lowest BCUT2D eigenvalue weighted by Gasteiger charge is -2.29. The number of nitrogens with one attached hydrogen (secondary N) is 3. The van der Waals surface area contributed by atoms with Gasteiger partial charge in [-0.25, -0.2) is 9.97 Å². The first-order valence-electron chi connectivity index (χ1n) is 10.8. The first kappa shape index (κ1) is 21.9. The Labute approximate surface area is 187 Å². The summed E-state index contributed by atoms with van der Waals surface area (Å²) in [7, 11) is 1.65. The van der Waals surface area contributed by atoms with Crippen molar-refractivity contribution in [2.24, 2.45) is 0 Å². The van der Waals surface area contributed by atoms with Gasteiger partial charge < -0.3 is 15.0 Å². The van der Waals surface area contributed by atoms with Gasteiger partial charge in [-0.3, -0.25) is 10.1 Å². The van der Waals surface area contributed by atoms with E-state index < -0.39 is 0 Å². The first-order valence-corrected chi connectivity index (χ1v) is 10.8. The number of aromatic amines is 1. The molecule has 0 radical (unpaired) electrons. The van der Waals surface area contributed by atoms with Crippen molar-refractivity contribution in [3.05, 3.63) is 35.7 Å². The number of hydrogen-bond acceptors (Lipinski definition) is 8. The molecule has 4 rings (SSSR count). The second kappa shape index (κ2) is 8.70. The number of benzene rings is 1. The van der Waals surface area contributed by atoms with Gasteiger partial charge in [-0.2, -0.15) is 10.3 Å². The van der Waals surface area contributed by atoms with Crippen LogP contribution in [0.1, 0.15) is 51.5 Å². The lowest BCUT2D eigenvalue weighted by molar-refractivity contribution is -0.119. The molecule has 10 heteroatoms. The number of carbonyl (C=O) groups excluding carboxylic acids is 1. The molecule has 3 N–H and O–H groups in total. The second-order valence-electron chi connectivity index (χ2n) is 9.13. The molecule has 0 saturated carbocycles. The molecule has 1 aliphatic heterocycles. The zero-order chi connectivity index (χ0) is 22.9. The summed E-state index contributed by atoms with van der Waals surface area (Å²) < 4.78 is 5.32. The number of nitrogens with zero attached hydrogens (tertiary/aromatic N) is 5. The quantitative estimate of drug-likeness (QED) is 0.534. The maximum Gasteiger partial charge on any atom is 0.217 e. The Kier molecular flexibility index (Phi) is 5.96. The Hall–Kier alpha value is -3.27. The van der Waals surface area contributed by atoms with E-state index in [1.165, 1.54) is 0 Å². The van der Waals surface area contributed by atoms with Crippen molar-refractivity contribution in [1.82, 2.24) is 36.0 Å². The summed E-state index contributed by atoms with van der Waals surface area (Å²) in [6.45, 7) is 9.30. The number of hydrogen-bond donors (Lipinski definition) is 3. The van der Waals surface area contributed by atoms with E-state index in [1.54, 1.807) is 14.0 Å². The summed E-state index contributed by atoms with van der Waals surface area (Å²) in [4.78, 5) is 23.3. The van der Waals surface area contributed by atoms with Gasteiger partial charge in [-0.15, -0.1) is 5.10 Å². The van der Waals surface area contributed by atoms with Crippen molar-refractivity contribution in [3.63, 3.8) is 0 Å². The summed E-state index contributed by atoms with van der Waals surface area (Å²) >= 11 is 0. The van der Waals surface area contributed by atoms with E-state index in [0.717, 1.165) is 30.1 Å². The third-order valence-corrected chi connectivity index (χ3v) is 5.36. The Balaban J connectivity index is 1.74. The molecule has 3 heterocycles. The topological polar surface area (TPSA) is 121 Å². The Morgan fingerprint density at radius 2 is 1.97 bits per heavy atom. The number of carbonyl (C=O) groups is 1. The molecule has 10 nitrogen and oxygen atoms in total. The summed E-state index contributed by atoms with van der Waals surface area (Å²) in [6.07, 6.45) is 0.848. The van der Waals surface area contributed by atoms with Gasteiger partial charge in [0.15, 0.2) is 17.2 Å². The fourth-order valence-corrected chi connectivity index (χ4v) is 3.98. The van der Waals surface area contributed by atoms with E-state index in [2.05, 4.69) is 51.7 Å². The van der Waals surface area contributed by atoms with E-state index in [0.29, 0.717) is 23.5 Å². The fourth-order valence-electron chi connectivity index (χ4n) is 3.98. The van der Waals surface area contributed by atoms with E-state index in [9.17, 15) is 4.79 Å². The molecule has 1 aromatic carbocycles. The largest absolute Gasteiger partial charge is 0.497 e. The van der Waals surface area contributed by atoms with E-state index in [1.807, 2.05) is 24.3 Å². The second-order valence-corrected chi connectivity index (χ2v) is 9.13. The minimum absolute atomic E-state index is 0.0271. The smallest absolute Gasteiger partial charge is 0.217 e. The van der Waals surface area contributed by atoms with Crippen LogP contribution in [0.3, 0.4) is 0 Å². The fraction of sp³-hybridized carbons (Fsp3) is 0.500. The molecule has 1 saturated heterocycles. The van der Waals surface area contributed by atoms with Crippen LogP contribution >= 0.6 is 0 Å². The van der Waals surface area contributed by atoms with E-state index in [4.69, 9.17) is 14.7 Å². The monoisotopic (exact) mass is 438 g/mol. The zero-order valence-electron chi connectivity index (χ0n) is 19.1. The molecular formula is C22H30N8O2. The van der Waals surface area contributed by atoms with E-state index in [-0.39, 0.29) is 23.5 Å². The highest BCUT2D eigenvalue weighted by atomic mass is 16.5. The highest BCUT2D eigenvalue weighted by Gasteiger charge is 2.30. The van der Waals surface area contributed by atoms with Crippen molar-refractivity contribution >= 4 is 22.9 Å². The van der Waals surface area contributed by atoms with Gasteiger partial charge >= 0.3 is 0 Å². The molecule has 2 unspecified atom stereocenters. The third-order valence-electron chi connectivity index (χ3n) is 5.36. The van der Waals surface area contributed by atoms with Gasteiger partial charge in [-0.1, -0.05) is 12.1 Å². The zero-order valence-corrected chi connectivity index (χ0v) is 19.1. The van der Waals surface area contributed by atoms with Crippen LogP contribution in [0.2, 0.25) is 0 Å². The molecule has 0 aliphatic carbocycles. The van der Waals surface area contributed by atoms with Gasteiger partial charge in [0.2, 0.25) is 11.6 Å². The Morgan fingerprint density at radius 3 is 2.62 bits per heavy atom. The molecule has 32 heavy (non-hydrogen) atoms. The molecule has 0 bridgehead atoms. The number of H-pyrrole nitrogens is 1. The lowest BCUT2D eigenvalue weighted by atomic mass is 10.0. The van der Waals surface area contributed by atoms with Gasteiger partial charge in [0.25, 0.3) is 0 Å². The summed E-state index contributed by atoms with van der Waals surface area (Å²) in [5.74, 6) is 2.10. The molecule has 2 aromatic heterocycles. The van der Waals surface area contributed by atoms with Crippen LogP contribution in [-0.4, -0.2) is 63.1 Å². The average Bonchev–Trinajstić information content (AvgIpc) is 3.40. The summed E-state index contributed by atoms with van der Waals surface area (Å²) in [5, 5.41) is 17.9. The van der Waals surface area contributed by atoms with Crippen molar-refractivity contribution in [2.45, 2.75) is 51.7 Å². The van der Waals surface area contributed by atoms with Crippen molar-refractivity contribution in [3.8, 4) is 5.75 Å². The van der Waals surface area contributed by atoms with Crippen LogP contribution < -0.4 is 20.3 Å². The highest BCUT2D eigenvalue weighted by molar-refractivity contribution is 5.83. The van der Waals surface area contributed by atoms with Crippen LogP contribution in [-0.2, 0) is 4.79 Å². The minimum Gasteiger partial charge on any atom is -0.497 e. The Morgan fingerprint density at radius 1 is 1.22 bits per heavy atom. The van der Waals surface area contributed by atoms with Crippen LogP contribution in [0.25, 0.3) is 11.2 Å². The molecular weight excluding hydrogens is 408 g/mol. The number of anilines is 1. The number of aromatic nitrogens is 5. The maximum absolute atomic E-state index is 11.5. The first-order chi connectivity index (χ1) is 15.2. The van der Waals surface area contributed by atoms with Gasteiger partial charge in [0.05, 0.1) is 13.2 Å². The number of amides is 1. The van der Waals surface area contributed by atoms with Gasteiger partial charge in [0.1, 0.15) is 5.75 Å². The summed E-state index contributed by atoms with van der Waals surface area (Å²) in [5.41, 5.74) is 1.98. The molecule has 170 valence electrons. The molecule has 0 spiro atoms. The van der Waals surface area contributed by atoms with Crippen LogP contribution in [0.15, 0.2) is 24.3 Å². The van der Waals surface area contributed by atoms with Crippen LogP contribution in [0, 0.1) is 0 Å². The van der Waals surface area contributed by atoms with E-state index >= 15 is 0 Å². The number of methoxy groups -OCH3 is 1. The number of ether oxygens (including phenoxy) is 1.